The minimum Gasteiger partial charge on any atom is -0.497 e. The molecule has 2 aromatic carbocycles. The number of halogens is 3. The molecule has 0 saturated carbocycles. The van der Waals surface area contributed by atoms with E-state index < -0.39 is 17.7 Å². The van der Waals surface area contributed by atoms with Crippen molar-refractivity contribution in [3.8, 4) is 5.75 Å². The van der Waals surface area contributed by atoms with E-state index in [-0.39, 0.29) is 42.6 Å². The second-order valence-corrected chi connectivity index (χ2v) is 5.60. The first-order chi connectivity index (χ1) is 12.5. The quantitative estimate of drug-likeness (QED) is 0.316. The Morgan fingerprint density at radius 3 is 2.48 bits per heavy atom. The molecule has 0 aliphatic heterocycles. The molecular formula is C19H24F2IN3O2. The lowest BCUT2D eigenvalue weighted by Crippen LogP contribution is -2.39. The number of nitrogens with one attached hydrogen (secondary N) is 2. The summed E-state index contributed by atoms with van der Waals surface area (Å²) in [5.74, 6) is 0.0957. The van der Waals surface area contributed by atoms with E-state index in [0.29, 0.717) is 18.3 Å². The third-order valence-electron chi connectivity index (χ3n) is 3.72. The fraction of sp³-hybridized carbons (Fsp3) is 0.316. The molecule has 2 aromatic rings. The van der Waals surface area contributed by atoms with E-state index in [2.05, 4.69) is 15.6 Å². The van der Waals surface area contributed by atoms with Gasteiger partial charge in [-0.3, -0.25) is 0 Å². The van der Waals surface area contributed by atoms with Crippen molar-refractivity contribution < 1.29 is 18.6 Å². The van der Waals surface area contributed by atoms with Crippen LogP contribution in [0.1, 0.15) is 24.2 Å². The van der Waals surface area contributed by atoms with Gasteiger partial charge in [-0.1, -0.05) is 12.1 Å². The fourth-order valence-corrected chi connectivity index (χ4v) is 2.31. The maximum Gasteiger partial charge on any atom is 0.191 e. The third-order valence-corrected chi connectivity index (χ3v) is 3.72. The van der Waals surface area contributed by atoms with Crippen LogP contribution in [0.3, 0.4) is 0 Å². The van der Waals surface area contributed by atoms with Crippen LogP contribution in [0.4, 0.5) is 8.78 Å². The third kappa shape index (κ3) is 7.30. The number of methoxy groups -OCH3 is 1. The number of guanidine groups is 1. The van der Waals surface area contributed by atoms with Crippen LogP contribution in [0.15, 0.2) is 47.5 Å². The highest BCUT2D eigenvalue weighted by molar-refractivity contribution is 14.0. The highest BCUT2D eigenvalue weighted by atomic mass is 127. The summed E-state index contributed by atoms with van der Waals surface area (Å²) in [7, 11) is 1.58. The molecule has 0 aliphatic carbocycles. The summed E-state index contributed by atoms with van der Waals surface area (Å²) in [5.41, 5.74) is 0.892. The SMILES string of the molecule is CCNC(=NCc1cc(F)ccc1F)NCC(O)c1ccc(OC)cc1.I. The molecule has 1 unspecified atom stereocenters. The average Bonchev–Trinajstić information content (AvgIpc) is 2.66. The number of aliphatic imine (C=N–C) groups is 1. The predicted octanol–water partition coefficient (Wildman–Crippen LogP) is 3.38. The highest BCUT2D eigenvalue weighted by Gasteiger charge is 2.09. The van der Waals surface area contributed by atoms with Crippen molar-refractivity contribution in [2.45, 2.75) is 19.6 Å². The lowest BCUT2D eigenvalue weighted by atomic mass is 10.1. The molecule has 0 bridgehead atoms. The van der Waals surface area contributed by atoms with Crippen molar-refractivity contribution in [2.75, 3.05) is 20.2 Å². The summed E-state index contributed by atoms with van der Waals surface area (Å²) in [5, 5.41) is 16.3. The second kappa shape index (κ2) is 11.7. The Bertz CT molecular complexity index is 742. The van der Waals surface area contributed by atoms with Gasteiger partial charge in [0.1, 0.15) is 17.4 Å². The lowest BCUT2D eigenvalue weighted by Gasteiger charge is -2.16. The van der Waals surface area contributed by atoms with E-state index in [4.69, 9.17) is 4.74 Å². The summed E-state index contributed by atoms with van der Waals surface area (Å²) in [4.78, 5) is 4.24. The number of aliphatic hydroxyl groups is 1. The van der Waals surface area contributed by atoms with Gasteiger partial charge in [0, 0.05) is 18.7 Å². The van der Waals surface area contributed by atoms with Crippen molar-refractivity contribution in [1.82, 2.24) is 10.6 Å². The Labute approximate surface area is 174 Å². The van der Waals surface area contributed by atoms with Crippen LogP contribution >= 0.6 is 24.0 Å². The summed E-state index contributed by atoms with van der Waals surface area (Å²) in [6.45, 7) is 2.68. The summed E-state index contributed by atoms with van der Waals surface area (Å²) < 4.78 is 32.0. The molecule has 0 spiro atoms. The van der Waals surface area contributed by atoms with Gasteiger partial charge in [-0.15, -0.1) is 24.0 Å². The molecule has 0 saturated heterocycles. The first-order valence-electron chi connectivity index (χ1n) is 8.31. The molecule has 0 amide bonds. The van der Waals surface area contributed by atoms with Gasteiger partial charge in [0.05, 0.1) is 19.8 Å². The first-order valence-corrected chi connectivity index (χ1v) is 8.31. The molecule has 27 heavy (non-hydrogen) atoms. The minimum atomic E-state index is -0.754. The molecule has 0 aliphatic rings. The van der Waals surface area contributed by atoms with Crippen LogP contribution in [0.25, 0.3) is 0 Å². The number of aliphatic hydroxyl groups excluding tert-OH is 1. The fourth-order valence-electron chi connectivity index (χ4n) is 2.31. The zero-order valence-corrected chi connectivity index (χ0v) is 17.5. The van der Waals surface area contributed by atoms with Gasteiger partial charge in [0.15, 0.2) is 5.96 Å². The van der Waals surface area contributed by atoms with Crippen LogP contribution < -0.4 is 15.4 Å². The number of benzene rings is 2. The maximum atomic E-state index is 13.7. The van der Waals surface area contributed by atoms with Crippen molar-refractivity contribution >= 4 is 29.9 Å². The van der Waals surface area contributed by atoms with E-state index in [1.54, 1.807) is 31.4 Å². The molecule has 5 nitrogen and oxygen atoms in total. The van der Waals surface area contributed by atoms with Gasteiger partial charge < -0.3 is 20.5 Å². The van der Waals surface area contributed by atoms with Gasteiger partial charge in [0.25, 0.3) is 0 Å². The smallest absolute Gasteiger partial charge is 0.191 e. The predicted molar refractivity (Wildman–Crippen MR) is 113 cm³/mol. The topological polar surface area (TPSA) is 65.9 Å². The van der Waals surface area contributed by atoms with Crippen LogP contribution in [0.5, 0.6) is 5.75 Å². The van der Waals surface area contributed by atoms with E-state index in [1.165, 1.54) is 0 Å². The highest BCUT2D eigenvalue weighted by Crippen LogP contribution is 2.17. The van der Waals surface area contributed by atoms with Crippen molar-refractivity contribution in [3.05, 3.63) is 65.2 Å². The molecular weight excluding hydrogens is 467 g/mol. The first kappa shape index (κ1) is 23.1. The largest absolute Gasteiger partial charge is 0.497 e. The summed E-state index contributed by atoms with van der Waals surface area (Å²) >= 11 is 0. The van der Waals surface area contributed by atoms with E-state index in [9.17, 15) is 13.9 Å². The number of hydrogen-bond donors (Lipinski definition) is 3. The molecule has 2 rings (SSSR count). The van der Waals surface area contributed by atoms with Crippen LogP contribution in [-0.2, 0) is 6.54 Å². The Morgan fingerprint density at radius 2 is 1.85 bits per heavy atom. The standard InChI is InChI=1S/C19H23F2N3O2.HI/c1-3-22-19(23-11-14-10-15(20)6-9-17(14)21)24-12-18(25)13-4-7-16(26-2)8-5-13;/h4-10,18,25H,3,11-12H2,1-2H3,(H2,22,23,24);1H. The number of hydrogen-bond acceptors (Lipinski definition) is 3. The average molecular weight is 491 g/mol. The number of nitrogens with zero attached hydrogens (tertiary/aromatic N) is 1. The maximum absolute atomic E-state index is 13.7. The van der Waals surface area contributed by atoms with Crippen LogP contribution in [0, 0.1) is 11.6 Å². The van der Waals surface area contributed by atoms with Crippen molar-refractivity contribution in [1.29, 1.82) is 0 Å². The molecule has 0 fully saturated rings. The lowest BCUT2D eigenvalue weighted by molar-refractivity contribution is 0.180. The summed E-state index contributed by atoms with van der Waals surface area (Å²) in [6.07, 6.45) is -0.754. The Morgan fingerprint density at radius 1 is 1.15 bits per heavy atom. The normalized spacial score (nSPS) is 12.1. The Balaban J connectivity index is 0.00000364. The van der Waals surface area contributed by atoms with E-state index in [0.717, 1.165) is 23.8 Å². The molecule has 0 aromatic heterocycles. The van der Waals surface area contributed by atoms with Gasteiger partial charge >= 0.3 is 0 Å². The zero-order chi connectivity index (χ0) is 18.9. The molecule has 0 heterocycles. The Kier molecular flexibility index (Phi) is 10.0. The number of ether oxygens (including phenoxy) is 1. The van der Waals surface area contributed by atoms with Gasteiger partial charge in [-0.2, -0.15) is 0 Å². The second-order valence-electron chi connectivity index (χ2n) is 5.60. The molecule has 1 atom stereocenters. The van der Waals surface area contributed by atoms with Crippen LogP contribution in [-0.4, -0.2) is 31.3 Å². The number of rotatable bonds is 7. The van der Waals surface area contributed by atoms with Gasteiger partial charge in [-0.05, 0) is 42.8 Å². The molecule has 8 heteroatoms. The molecule has 148 valence electrons. The Hall–Kier alpha value is -1.94. The van der Waals surface area contributed by atoms with Gasteiger partial charge in [0.2, 0.25) is 0 Å². The minimum absolute atomic E-state index is 0. The molecule has 3 N–H and O–H groups in total. The summed E-state index contributed by atoms with van der Waals surface area (Å²) in [6, 6.07) is 10.4. The van der Waals surface area contributed by atoms with E-state index in [1.807, 2.05) is 6.92 Å². The van der Waals surface area contributed by atoms with Gasteiger partial charge in [-0.25, -0.2) is 13.8 Å². The van der Waals surface area contributed by atoms with Crippen molar-refractivity contribution in [2.24, 2.45) is 4.99 Å². The zero-order valence-electron chi connectivity index (χ0n) is 15.2. The van der Waals surface area contributed by atoms with Crippen molar-refractivity contribution in [3.63, 3.8) is 0 Å². The van der Waals surface area contributed by atoms with E-state index >= 15 is 0 Å². The monoisotopic (exact) mass is 491 g/mol. The van der Waals surface area contributed by atoms with Crippen LogP contribution in [0.2, 0.25) is 0 Å². The molecule has 0 radical (unpaired) electrons.